The predicted molar refractivity (Wildman–Crippen MR) is 68.8 cm³/mol. The van der Waals surface area contributed by atoms with Crippen molar-refractivity contribution in [2.75, 3.05) is 6.54 Å². The first kappa shape index (κ1) is 11.7. The summed E-state index contributed by atoms with van der Waals surface area (Å²) in [6, 6.07) is 3.08. The minimum atomic E-state index is 0.750. The fraction of sp³-hybridized carbons (Fsp3) is 0.714. The number of nitrogens with zero attached hydrogens (tertiary/aromatic N) is 1. The molecule has 1 saturated carbocycles. The van der Waals surface area contributed by atoms with Crippen molar-refractivity contribution in [1.82, 2.24) is 4.57 Å². The van der Waals surface area contributed by atoms with Gasteiger partial charge in [0.15, 0.2) is 0 Å². The quantitative estimate of drug-likeness (QED) is 0.833. The summed E-state index contributed by atoms with van der Waals surface area (Å²) in [7, 11) is 0. The molecule has 0 bridgehead atoms. The van der Waals surface area contributed by atoms with Gasteiger partial charge in [-0.1, -0.05) is 19.3 Å². The van der Waals surface area contributed by atoms with Gasteiger partial charge in [0.25, 0.3) is 0 Å². The summed E-state index contributed by atoms with van der Waals surface area (Å²) in [5, 5.41) is 0. The maximum absolute atomic E-state index is 5.66. The molecule has 0 unspecified atom stereocenters. The zero-order valence-corrected chi connectivity index (χ0v) is 10.6. The van der Waals surface area contributed by atoms with Gasteiger partial charge < -0.3 is 10.3 Å². The summed E-state index contributed by atoms with van der Waals surface area (Å²) in [5.74, 6) is 0. The van der Waals surface area contributed by atoms with Gasteiger partial charge in [-0.05, 0) is 51.3 Å². The Kier molecular flexibility index (Phi) is 3.70. The second-order valence-corrected chi connectivity index (χ2v) is 5.10. The van der Waals surface area contributed by atoms with E-state index in [1.807, 2.05) is 0 Å². The second kappa shape index (κ2) is 5.05. The van der Waals surface area contributed by atoms with Crippen molar-refractivity contribution < 1.29 is 0 Å². The van der Waals surface area contributed by atoms with E-state index >= 15 is 0 Å². The Bertz CT molecular complexity index is 346. The topological polar surface area (TPSA) is 30.9 Å². The zero-order valence-electron chi connectivity index (χ0n) is 10.6. The number of aryl methyl sites for hydroxylation is 1. The van der Waals surface area contributed by atoms with E-state index < -0.39 is 0 Å². The van der Waals surface area contributed by atoms with Crippen molar-refractivity contribution in [1.29, 1.82) is 0 Å². The summed E-state index contributed by atoms with van der Waals surface area (Å²) in [6.45, 7) is 5.25. The normalized spacial score (nSPS) is 17.9. The monoisotopic (exact) mass is 220 g/mol. The average molecular weight is 220 g/mol. The molecule has 0 spiro atoms. The molecule has 1 heterocycles. The minimum Gasteiger partial charge on any atom is -0.346 e. The molecule has 0 aromatic carbocycles. The first-order chi connectivity index (χ1) is 7.74. The van der Waals surface area contributed by atoms with Crippen LogP contribution in [0.4, 0.5) is 0 Å². The second-order valence-electron chi connectivity index (χ2n) is 5.10. The Morgan fingerprint density at radius 3 is 2.56 bits per heavy atom. The highest BCUT2D eigenvalue weighted by molar-refractivity contribution is 5.28. The lowest BCUT2D eigenvalue weighted by Crippen LogP contribution is -2.15. The van der Waals surface area contributed by atoms with Crippen LogP contribution in [0.25, 0.3) is 0 Å². The molecule has 2 rings (SSSR count). The first-order valence-electron chi connectivity index (χ1n) is 6.61. The van der Waals surface area contributed by atoms with Crippen molar-refractivity contribution >= 4 is 0 Å². The van der Waals surface area contributed by atoms with Gasteiger partial charge in [-0.2, -0.15) is 0 Å². The molecule has 0 atom stereocenters. The Hall–Kier alpha value is -0.760. The maximum atomic E-state index is 5.66. The fourth-order valence-electron chi connectivity index (χ4n) is 3.16. The minimum absolute atomic E-state index is 0.750. The standard InChI is InChI=1S/C14H24N2/c1-11-10-13(8-9-15)12(2)16(11)14-6-4-3-5-7-14/h10,14H,3-9,15H2,1-2H3. The fourth-order valence-corrected chi connectivity index (χ4v) is 3.16. The van der Waals surface area contributed by atoms with Crippen LogP contribution in [-0.4, -0.2) is 11.1 Å². The van der Waals surface area contributed by atoms with Gasteiger partial charge in [-0.3, -0.25) is 0 Å². The molecular weight excluding hydrogens is 196 g/mol. The van der Waals surface area contributed by atoms with Gasteiger partial charge in [0, 0.05) is 17.4 Å². The smallest absolute Gasteiger partial charge is 0.0335 e. The summed E-state index contributed by atoms with van der Waals surface area (Å²) in [4.78, 5) is 0. The van der Waals surface area contributed by atoms with Gasteiger partial charge in [0.1, 0.15) is 0 Å². The van der Waals surface area contributed by atoms with Crippen LogP contribution in [0.2, 0.25) is 0 Å². The first-order valence-corrected chi connectivity index (χ1v) is 6.61. The van der Waals surface area contributed by atoms with Crippen LogP contribution in [0.1, 0.15) is 55.1 Å². The highest BCUT2D eigenvalue weighted by Gasteiger charge is 2.19. The molecule has 1 aliphatic carbocycles. The van der Waals surface area contributed by atoms with Gasteiger partial charge in [0.2, 0.25) is 0 Å². The lowest BCUT2D eigenvalue weighted by molar-refractivity contribution is 0.345. The van der Waals surface area contributed by atoms with Crippen LogP contribution in [-0.2, 0) is 6.42 Å². The molecule has 0 aliphatic heterocycles. The molecule has 2 heteroatoms. The largest absolute Gasteiger partial charge is 0.346 e. The van der Waals surface area contributed by atoms with Crippen molar-refractivity contribution in [2.45, 2.75) is 58.4 Å². The summed E-state index contributed by atoms with van der Waals surface area (Å²) >= 11 is 0. The van der Waals surface area contributed by atoms with Crippen LogP contribution < -0.4 is 5.73 Å². The molecule has 2 N–H and O–H groups in total. The number of rotatable bonds is 3. The van der Waals surface area contributed by atoms with E-state index in [0.717, 1.165) is 19.0 Å². The molecular formula is C14H24N2. The van der Waals surface area contributed by atoms with Crippen molar-refractivity contribution in [3.63, 3.8) is 0 Å². The molecule has 1 aromatic heterocycles. The van der Waals surface area contributed by atoms with Crippen molar-refractivity contribution in [3.05, 3.63) is 23.0 Å². The maximum Gasteiger partial charge on any atom is 0.0335 e. The van der Waals surface area contributed by atoms with E-state index in [1.54, 1.807) is 0 Å². The van der Waals surface area contributed by atoms with E-state index in [0.29, 0.717) is 0 Å². The van der Waals surface area contributed by atoms with Crippen molar-refractivity contribution in [2.24, 2.45) is 5.73 Å². The van der Waals surface area contributed by atoms with E-state index in [9.17, 15) is 0 Å². The molecule has 1 fully saturated rings. The van der Waals surface area contributed by atoms with Crippen LogP contribution in [0, 0.1) is 13.8 Å². The van der Waals surface area contributed by atoms with Crippen molar-refractivity contribution in [3.8, 4) is 0 Å². The summed E-state index contributed by atoms with van der Waals surface area (Å²) in [6.07, 6.45) is 7.96. The molecule has 16 heavy (non-hydrogen) atoms. The molecule has 1 aliphatic rings. The lowest BCUT2D eigenvalue weighted by Gasteiger charge is -2.26. The Morgan fingerprint density at radius 1 is 1.25 bits per heavy atom. The number of nitrogens with two attached hydrogens (primary N) is 1. The molecule has 1 aromatic rings. The summed E-state index contributed by atoms with van der Waals surface area (Å²) < 4.78 is 2.56. The van der Waals surface area contributed by atoms with Gasteiger partial charge in [-0.15, -0.1) is 0 Å². The van der Waals surface area contributed by atoms with Crippen LogP contribution in [0.15, 0.2) is 6.07 Å². The number of hydrogen-bond acceptors (Lipinski definition) is 1. The van der Waals surface area contributed by atoms with E-state index in [1.165, 1.54) is 49.1 Å². The van der Waals surface area contributed by atoms with Gasteiger partial charge in [0.05, 0.1) is 0 Å². The lowest BCUT2D eigenvalue weighted by atomic mass is 9.95. The summed E-state index contributed by atoms with van der Waals surface area (Å²) in [5.41, 5.74) is 9.99. The van der Waals surface area contributed by atoms with E-state index in [4.69, 9.17) is 5.73 Å². The molecule has 0 radical (unpaired) electrons. The van der Waals surface area contributed by atoms with Gasteiger partial charge >= 0.3 is 0 Å². The third kappa shape index (κ3) is 2.17. The Morgan fingerprint density at radius 2 is 1.94 bits per heavy atom. The third-order valence-electron chi connectivity index (χ3n) is 3.94. The number of aromatic nitrogens is 1. The highest BCUT2D eigenvalue weighted by Crippen LogP contribution is 2.32. The van der Waals surface area contributed by atoms with E-state index in [-0.39, 0.29) is 0 Å². The third-order valence-corrected chi connectivity index (χ3v) is 3.94. The van der Waals surface area contributed by atoms with Crippen LogP contribution in [0.3, 0.4) is 0 Å². The van der Waals surface area contributed by atoms with E-state index in [2.05, 4.69) is 24.5 Å². The molecule has 0 saturated heterocycles. The average Bonchev–Trinajstić information content (AvgIpc) is 2.56. The van der Waals surface area contributed by atoms with Crippen LogP contribution in [0.5, 0.6) is 0 Å². The molecule has 2 nitrogen and oxygen atoms in total. The number of hydrogen-bond donors (Lipinski definition) is 1. The molecule has 90 valence electrons. The SMILES string of the molecule is Cc1cc(CCN)c(C)n1C1CCCCC1. The highest BCUT2D eigenvalue weighted by atomic mass is 15.0. The van der Waals surface area contributed by atoms with Gasteiger partial charge in [-0.25, -0.2) is 0 Å². The van der Waals surface area contributed by atoms with Crippen LogP contribution >= 0.6 is 0 Å². The Labute approximate surface area is 98.8 Å². The molecule has 0 amide bonds. The zero-order chi connectivity index (χ0) is 11.5. The Balaban J connectivity index is 2.24. The predicted octanol–water partition coefficient (Wildman–Crippen LogP) is 3.11.